The zero-order chi connectivity index (χ0) is 15.7. The van der Waals surface area contributed by atoms with E-state index in [1.807, 2.05) is 6.07 Å². The lowest BCUT2D eigenvalue weighted by Crippen LogP contribution is -2.28. The van der Waals surface area contributed by atoms with Crippen LogP contribution in [-0.2, 0) is 13.8 Å². The van der Waals surface area contributed by atoms with Crippen molar-refractivity contribution in [3.05, 3.63) is 36.8 Å². The number of amides is 1. The highest BCUT2D eigenvalue weighted by atomic mass is 35.7. The highest BCUT2D eigenvalue weighted by Crippen LogP contribution is 2.25. The Labute approximate surface area is 131 Å². The Kier molecular flexibility index (Phi) is 3.79. The summed E-state index contributed by atoms with van der Waals surface area (Å²) in [7, 11) is 1.53. The average molecular weight is 339 g/mol. The number of carbonyl (C=O) groups is 1. The maximum absolute atomic E-state index is 12.0. The Bertz CT molecular complexity index is 813. The molecule has 22 heavy (non-hydrogen) atoms. The maximum atomic E-state index is 12.0. The van der Waals surface area contributed by atoms with Crippen molar-refractivity contribution in [3.63, 3.8) is 0 Å². The van der Waals surface area contributed by atoms with Gasteiger partial charge in [-0.3, -0.25) is 14.7 Å². The van der Waals surface area contributed by atoms with Gasteiger partial charge >= 0.3 is 0 Å². The first kappa shape index (κ1) is 14.9. The third-order valence-electron chi connectivity index (χ3n) is 3.33. The van der Waals surface area contributed by atoms with Crippen LogP contribution in [0.25, 0.3) is 11.3 Å². The quantitative estimate of drug-likeness (QED) is 0.781. The van der Waals surface area contributed by atoms with Gasteiger partial charge in [0.15, 0.2) is 0 Å². The van der Waals surface area contributed by atoms with Gasteiger partial charge in [-0.2, -0.15) is 0 Å². The molecule has 114 valence electrons. The van der Waals surface area contributed by atoms with Gasteiger partial charge in [0.2, 0.25) is 20.9 Å². The SMILES string of the molecule is O=C1CC(S(=O)(=O)Cl)CN1c1nccc(-c2cccnc2)n1. The van der Waals surface area contributed by atoms with Crippen LogP contribution in [-0.4, -0.2) is 41.1 Å². The van der Waals surface area contributed by atoms with Crippen molar-refractivity contribution in [3.8, 4) is 11.3 Å². The highest BCUT2D eigenvalue weighted by Gasteiger charge is 2.39. The summed E-state index contributed by atoms with van der Waals surface area (Å²) in [5, 5.41) is -0.938. The largest absolute Gasteiger partial charge is 0.279 e. The van der Waals surface area contributed by atoms with Crippen LogP contribution in [0.4, 0.5) is 5.95 Å². The second kappa shape index (κ2) is 5.62. The Morgan fingerprint density at radius 2 is 2.09 bits per heavy atom. The lowest BCUT2D eigenvalue weighted by molar-refractivity contribution is -0.117. The van der Waals surface area contributed by atoms with Crippen molar-refractivity contribution >= 4 is 31.6 Å². The van der Waals surface area contributed by atoms with Crippen molar-refractivity contribution in [1.82, 2.24) is 15.0 Å². The number of aromatic nitrogens is 3. The Morgan fingerprint density at radius 3 is 2.73 bits per heavy atom. The second-order valence-corrected chi connectivity index (χ2v) is 7.70. The summed E-state index contributed by atoms with van der Waals surface area (Å²) in [6.07, 6.45) is 4.64. The molecule has 3 heterocycles. The molecule has 7 nitrogen and oxygen atoms in total. The molecule has 9 heteroatoms. The third kappa shape index (κ3) is 2.93. The minimum Gasteiger partial charge on any atom is -0.279 e. The molecule has 0 saturated carbocycles. The molecule has 2 aromatic rings. The minimum atomic E-state index is -3.79. The lowest BCUT2D eigenvalue weighted by Gasteiger charge is -2.14. The molecule has 0 radical (unpaired) electrons. The molecule has 0 bridgehead atoms. The monoisotopic (exact) mass is 338 g/mol. The molecule has 1 amide bonds. The van der Waals surface area contributed by atoms with E-state index in [0.29, 0.717) is 5.69 Å². The van der Waals surface area contributed by atoms with E-state index in [-0.39, 0.29) is 24.8 Å². The van der Waals surface area contributed by atoms with Gasteiger partial charge in [-0.15, -0.1) is 0 Å². The molecule has 1 unspecified atom stereocenters. The number of hydrogen-bond acceptors (Lipinski definition) is 6. The fourth-order valence-corrected chi connectivity index (χ4v) is 3.24. The lowest BCUT2D eigenvalue weighted by atomic mass is 10.2. The number of hydrogen-bond donors (Lipinski definition) is 0. The molecule has 3 rings (SSSR count). The van der Waals surface area contributed by atoms with Crippen LogP contribution < -0.4 is 4.90 Å². The van der Waals surface area contributed by atoms with Crippen LogP contribution in [0.2, 0.25) is 0 Å². The van der Waals surface area contributed by atoms with E-state index < -0.39 is 14.3 Å². The van der Waals surface area contributed by atoms with Crippen LogP contribution in [0.3, 0.4) is 0 Å². The van der Waals surface area contributed by atoms with Gasteiger partial charge in [0, 0.05) is 47.8 Å². The summed E-state index contributed by atoms with van der Waals surface area (Å²) >= 11 is 0. The van der Waals surface area contributed by atoms with Crippen LogP contribution >= 0.6 is 10.7 Å². The molecule has 1 aliphatic rings. The summed E-state index contributed by atoms with van der Waals surface area (Å²) < 4.78 is 22.8. The fraction of sp³-hybridized carbons (Fsp3) is 0.231. The van der Waals surface area contributed by atoms with E-state index in [0.717, 1.165) is 5.56 Å². The van der Waals surface area contributed by atoms with E-state index in [9.17, 15) is 13.2 Å². The summed E-state index contributed by atoms with van der Waals surface area (Å²) in [6, 6.07) is 5.29. The van der Waals surface area contributed by atoms with Crippen molar-refractivity contribution in [2.75, 3.05) is 11.4 Å². The summed E-state index contributed by atoms with van der Waals surface area (Å²) in [4.78, 5) is 25.6. The van der Waals surface area contributed by atoms with Gasteiger partial charge < -0.3 is 0 Å². The summed E-state index contributed by atoms with van der Waals surface area (Å²) in [5.41, 5.74) is 1.38. The molecular weight excluding hydrogens is 328 g/mol. The van der Waals surface area contributed by atoms with Crippen molar-refractivity contribution < 1.29 is 13.2 Å². The normalized spacial score (nSPS) is 18.7. The standard InChI is InChI=1S/C13H11ClN4O3S/c14-22(20,21)10-6-12(19)18(8-10)13-16-5-3-11(17-13)9-2-1-4-15-7-9/h1-5,7,10H,6,8H2. The topological polar surface area (TPSA) is 93.1 Å². The summed E-state index contributed by atoms with van der Waals surface area (Å²) in [5.74, 6) is -0.202. The molecule has 1 aliphatic heterocycles. The molecule has 1 atom stereocenters. The summed E-state index contributed by atoms with van der Waals surface area (Å²) in [6.45, 7) is -0.0405. The van der Waals surface area contributed by atoms with Gasteiger partial charge in [-0.25, -0.2) is 18.4 Å². The first-order valence-corrected chi connectivity index (χ1v) is 8.79. The number of rotatable bonds is 3. The molecule has 0 N–H and O–H groups in total. The molecule has 1 saturated heterocycles. The highest BCUT2D eigenvalue weighted by molar-refractivity contribution is 8.14. The molecule has 0 aliphatic carbocycles. The van der Waals surface area contributed by atoms with Crippen LogP contribution in [0.15, 0.2) is 36.8 Å². The number of nitrogens with zero attached hydrogens (tertiary/aromatic N) is 4. The molecule has 2 aromatic heterocycles. The minimum absolute atomic E-state index is 0.0405. The first-order valence-electron chi connectivity index (χ1n) is 6.42. The third-order valence-corrected chi connectivity index (χ3v) is 5.20. The van der Waals surface area contributed by atoms with Gasteiger partial charge in [0.05, 0.1) is 5.69 Å². The van der Waals surface area contributed by atoms with E-state index in [4.69, 9.17) is 10.7 Å². The van der Waals surface area contributed by atoms with Crippen molar-refractivity contribution in [1.29, 1.82) is 0 Å². The van der Waals surface area contributed by atoms with E-state index >= 15 is 0 Å². The van der Waals surface area contributed by atoms with Gasteiger partial charge in [0.25, 0.3) is 0 Å². The number of carbonyl (C=O) groups excluding carboxylic acids is 1. The van der Waals surface area contributed by atoms with E-state index in [1.165, 1.54) is 11.1 Å². The Hall–Kier alpha value is -2.06. The van der Waals surface area contributed by atoms with Gasteiger partial charge in [-0.1, -0.05) is 0 Å². The van der Waals surface area contributed by atoms with Crippen molar-refractivity contribution in [2.24, 2.45) is 0 Å². The van der Waals surface area contributed by atoms with E-state index in [1.54, 1.807) is 24.5 Å². The molecule has 0 aromatic carbocycles. The van der Waals surface area contributed by atoms with Crippen molar-refractivity contribution in [2.45, 2.75) is 11.7 Å². The maximum Gasteiger partial charge on any atom is 0.237 e. The van der Waals surface area contributed by atoms with Gasteiger partial charge in [0.1, 0.15) is 5.25 Å². The first-order chi connectivity index (χ1) is 10.4. The average Bonchev–Trinajstić information content (AvgIpc) is 2.90. The van der Waals surface area contributed by atoms with Crippen LogP contribution in [0, 0.1) is 0 Å². The van der Waals surface area contributed by atoms with Crippen LogP contribution in [0.5, 0.6) is 0 Å². The molecule has 0 spiro atoms. The second-order valence-electron chi connectivity index (χ2n) is 4.79. The van der Waals surface area contributed by atoms with Gasteiger partial charge in [-0.05, 0) is 18.2 Å². The zero-order valence-electron chi connectivity index (χ0n) is 11.3. The predicted octanol–water partition coefficient (Wildman–Crippen LogP) is 1.21. The van der Waals surface area contributed by atoms with Crippen LogP contribution in [0.1, 0.15) is 6.42 Å². The number of anilines is 1. The Balaban J connectivity index is 1.92. The van der Waals surface area contributed by atoms with E-state index in [2.05, 4.69) is 15.0 Å². The predicted molar refractivity (Wildman–Crippen MR) is 80.8 cm³/mol. The fourth-order valence-electron chi connectivity index (χ4n) is 2.21. The molecular formula is C13H11ClN4O3S. The molecule has 1 fully saturated rings. The Morgan fingerprint density at radius 1 is 1.27 bits per heavy atom. The zero-order valence-corrected chi connectivity index (χ0v) is 12.8. The number of pyridine rings is 1. The smallest absolute Gasteiger partial charge is 0.237 e. The number of halogens is 1.